The Morgan fingerprint density at radius 1 is 1.38 bits per heavy atom. The molecule has 2 N–H and O–H groups in total. The summed E-state index contributed by atoms with van der Waals surface area (Å²) in [5.74, 6) is 0.487. The molecule has 0 aromatic carbocycles. The number of rotatable bonds is 8. The Morgan fingerprint density at radius 2 is 2.00 bits per heavy atom. The van der Waals surface area contributed by atoms with Crippen LogP contribution in [0.3, 0.4) is 0 Å². The van der Waals surface area contributed by atoms with Crippen LogP contribution >= 0.6 is 0 Å². The average molecular weight is 230 g/mol. The number of ether oxygens (including phenoxy) is 1. The lowest BCUT2D eigenvalue weighted by atomic mass is 10.0. The van der Waals surface area contributed by atoms with Crippen molar-refractivity contribution in [1.29, 1.82) is 0 Å². The Kier molecular flexibility index (Phi) is 8.21. The lowest BCUT2D eigenvalue weighted by molar-refractivity contribution is -0.133. The van der Waals surface area contributed by atoms with Crippen LogP contribution in [0.1, 0.15) is 34.1 Å². The van der Waals surface area contributed by atoms with E-state index < -0.39 is 0 Å². The van der Waals surface area contributed by atoms with E-state index in [1.807, 2.05) is 13.8 Å². The van der Waals surface area contributed by atoms with Crippen LogP contribution in [-0.4, -0.2) is 43.2 Å². The summed E-state index contributed by atoms with van der Waals surface area (Å²) >= 11 is 0. The zero-order valence-electron chi connectivity index (χ0n) is 11.0. The molecule has 0 bridgehead atoms. The Morgan fingerprint density at radius 3 is 2.44 bits per heavy atom. The number of hydrogen-bond acceptors (Lipinski definition) is 3. The van der Waals surface area contributed by atoms with Gasteiger partial charge < -0.3 is 15.4 Å². The van der Waals surface area contributed by atoms with Gasteiger partial charge in [-0.15, -0.1) is 0 Å². The highest BCUT2D eigenvalue weighted by Gasteiger charge is 2.20. The number of amides is 1. The van der Waals surface area contributed by atoms with E-state index in [9.17, 15) is 4.79 Å². The summed E-state index contributed by atoms with van der Waals surface area (Å²) in [5, 5.41) is 0. The van der Waals surface area contributed by atoms with Crippen molar-refractivity contribution in [2.45, 2.75) is 40.2 Å². The minimum absolute atomic E-state index is 0.0379. The second-order valence-electron chi connectivity index (χ2n) is 4.35. The van der Waals surface area contributed by atoms with Gasteiger partial charge in [0.1, 0.15) is 0 Å². The summed E-state index contributed by atoms with van der Waals surface area (Å²) in [4.78, 5) is 13.7. The first-order valence-corrected chi connectivity index (χ1v) is 6.14. The molecule has 0 aliphatic heterocycles. The molecule has 4 nitrogen and oxygen atoms in total. The van der Waals surface area contributed by atoms with Gasteiger partial charge in [0.15, 0.2) is 0 Å². The highest BCUT2D eigenvalue weighted by atomic mass is 16.5. The maximum absolute atomic E-state index is 11.9. The molecule has 0 heterocycles. The van der Waals surface area contributed by atoms with Gasteiger partial charge in [0, 0.05) is 19.7 Å². The van der Waals surface area contributed by atoms with Crippen molar-refractivity contribution in [2.24, 2.45) is 11.7 Å². The smallest absolute Gasteiger partial charge is 0.239 e. The van der Waals surface area contributed by atoms with Crippen molar-refractivity contribution in [3.05, 3.63) is 0 Å². The van der Waals surface area contributed by atoms with E-state index in [-0.39, 0.29) is 11.9 Å². The number of carbonyl (C=O) groups is 1. The van der Waals surface area contributed by atoms with Crippen molar-refractivity contribution < 1.29 is 9.53 Å². The summed E-state index contributed by atoms with van der Waals surface area (Å²) in [7, 11) is 0. The zero-order chi connectivity index (χ0) is 12.6. The third kappa shape index (κ3) is 6.08. The summed E-state index contributed by atoms with van der Waals surface area (Å²) in [5.41, 5.74) is 5.87. The predicted molar refractivity (Wildman–Crippen MR) is 66.2 cm³/mol. The van der Waals surface area contributed by atoms with Crippen LogP contribution in [0.5, 0.6) is 0 Å². The van der Waals surface area contributed by atoms with Crippen molar-refractivity contribution in [1.82, 2.24) is 4.90 Å². The van der Waals surface area contributed by atoms with Crippen LogP contribution in [0.15, 0.2) is 0 Å². The standard InChI is InChI=1S/C12H26N2O2/c1-5-14(7-8-16-6-2)12(15)11(13)9-10(3)4/h10-11H,5-9,13H2,1-4H3. The van der Waals surface area contributed by atoms with Crippen LogP contribution in [0.4, 0.5) is 0 Å². The van der Waals surface area contributed by atoms with Crippen molar-refractivity contribution >= 4 is 5.91 Å². The van der Waals surface area contributed by atoms with Gasteiger partial charge in [-0.05, 0) is 26.2 Å². The Labute approximate surface area is 99.1 Å². The molecule has 16 heavy (non-hydrogen) atoms. The molecule has 1 atom stereocenters. The number of nitrogens with zero attached hydrogens (tertiary/aromatic N) is 1. The van der Waals surface area contributed by atoms with Crippen LogP contribution < -0.4 is 5.73 Å². The third-order valence-corrected chi connectivity index (χ3v) is 2.45. The maximum Gasteiger partial charge on any atom is 0.239 e. The predicted octanol–water partition coefficient (Wildman–Crippen LogP) is 1.24. The highest BCUT2D eigenvalue weighted by molar-refractivity contribution is 5.81. The SMILES string of the molecule is CCOCCN(CC)C(=O)C(N)CC(C)C. The van der Waals surface area contributed by atoms with Crippen molar-refractivity contribution in [3.63, 3.8) is 0 Å². The molecule has 0 aromatic heterocycles. The molecule has 0 aliphatic carbocycles. The maximum atomic E-state index is 11.9. The molecule has 0 radical (unpaired) electrons. The number of likely N-dealkylation sites (N-methyl/N-ethyl adjacent to an activating group) is 1. The van der Waals surface area contributed by atoms with Gasteiger partial charge >= 0.3 is 0 Å². The van der Waals surface area contributed by atoms with Gasteiger partial charge in [0.2, 0.25) is 5.91 Å². The van der Waals surface area contributed by atoms with E-state index >= 15 is 0 Å². The fourth-order valence-electron chi connectivity index (χ4n) is 1.59. The van der Waals surface area contributed by atoms with Crippen molar-refractivity contribution in [3.8, 4) is 0 Å². The molecule has 4 heteroatoms. The van der Waals surface area contributed by atoms with E-state index in [1.165, 1.54) is 0 Å². The van der Waals surface area contributed by atoms with E-state index in [1.54, 1.807) is 4.90 Å². The lowest BCUT2D eigenvalue weighted by Gasteiger charge is -2.25. The van der Waals surface area contributed by atoms with Crippen LogP contribution in [0, 0.1) is 5.92 Å². The molecule has 0 saturated heterocycles. The largest absolute Gasteiger partial charge is 0.380 e. The molecule has 0 rings (SSSR count). The van der Waals surface area contributed by atoms with Gasteiger partial charge in [-0.3, -0.25) is 4.79 Å². The zero-order valence-corrected chi connectivity index (χ0v) is 11.0. The Hall–Kier alpha value is -0.610. The van der Waals surface area contributed by atoms with Crippen LogP contribution in [-0.2, 0) is 9.53 Å². The minimum atomic E-state index is -0.374. The molecule has 0 aliphatic rings. The third-order valence-electron chi connectivity index (χ3n) is 2.45. The molecule has 0 spiro atoms. The molecule has 96 valence electrons. The molecular weight excluding hydrogens is 204 g/mol. The second kappa shape index (κ2) is 8.53. The topological polar surface area (TPSA) is 55.6 Å². The van der Waals surface area contributed by atoms with Crippen molar-refractivity contribution in [2.75, 3.05) is 26.3 Å². The quantitative estimate of drug-likeness (QED) is 0.638. The van der Waals surface area contributed by atoms with Gasteiger partial charge in [-0.2, -0.15) is 0 Å². The first kappa shape index (κ1) is 15.4. The normalized spacial score (nSPS) is 12.9. The fraction of sp³-hybridized carbons (Fsp3) is 0.917. The molecule has 1 amide bonds. The van der Waals surface area contributed by atoms with E-state index in [0.29, 0.717) is 32.2 Å². The first-order chi connectivity index (χ1) is 7.52. The Bertz CT molecular complexity index is 195. The molecule has 0 aromatic rings. The summed E-state index contributed by atoms with van der Waals surface area (Å²) in [6.45, 7) is 10.7. The van der Waals surface area contributed by atoms with E-state index in [0.717, 1.165) is 6.42 Å². The van der Waals surface area contributed by atoms with Gasteiger partial charge in [0.05, 0.1) is 12.6 Å². The summed E-state index contributed by atoms with van der Waals surface area (Å²) < 4.78 is 5.24. The van der Waals surface area contributed by atoms with Crippen LogP contribution in [0.2, 0.25) is 0 Å². The van der Waals surface area contributed by atoms with Gasteiger partial charge in [-0.25, -0.2) is 0 Å². The molecule has 0 fully saturated rings. The Balaban J connectivity index is 4.08. The first-order valence-electron chi connectivity index (χ1n) is 6.14. The number of hydrogen-bond donors (Lipinski definition) is 1. The monoisotopic (exact) mass is 230 g/mol. The lowest BCUT2D eigenvalue weighted by Crippen LogP contribution is -2.45. The summed E-state index contributed by atoms with van der Waals surface area (Å²) in [6, 6.07) is -0.374. The fourth-order valence-corrected chi connectivity index (χ4v) is 1.59. The van der Waals surface area contributed by atoms with Crippen LogP contribution in [0.25, 0.3) is 0 Å². The van der Waals surface area contributed by atoms with Gasteiger partial charge in [0.25, 0.3) is 0 Å². The van der Waals surface area contributed by atoms with Gasteiger partial charge in [-0.1, -0.05) is 13.8 Å². The minimum Gasteiger partial charge on any atom is -0.380 e. The second-order valence-corrected chi connectivity index (χ2v) is 4.35. The number of carbonyl (C=O) groups excluding carboxylic acids is 1. The summed E-state index contributed by atoms with van der Waals surface area (Å²) in [6.07, 6.45) is 0.740. The number of nitrogens with two attached hydrogens (primary N) is 1. The molecule has 0 saturated carbocycles. The highest BCUT2D eigenvalue weighted by Crippen LogP contribution is 2.05. The molecule has 1 unspecified atom stereocenters. The van der Waals surface area contributed by atoms with E-state index in [4.69, 9.17) is 10.5 Å². The van der Waals surface area contributed by atoms with E-state index in [2.05, 4.69) is 13.8 Å². The average Bonchev–Trinajstić information content (AvgIpc) is 2.22. The molecular formula is C12H26N2O2.